The summed E-state index contributed by atoms with van der Waals surface area (Å²) in [4.78, 5) is 26.1. The maximum atomic E-state index is 11.9. The van der Waals surface area contributed by atoms with Crippen LogP contribution in [0.15, 0.2) is 18.2 Å². The highest BCUT2D eigenvalue weighted by Gasteiger charge is 2.20. The van der Waals surface area contributed by atoms with Gasteiger partial charge in [-0.3, -0.25) is 14.9 Å². The van der Waals surface area contributed by atoms with Gasteiger partial charge < -0.3 is 5.32 Å². The molecule has 0 radical (unpaired) electrons. The number of nitro groups is 1. The van der Waals surface area contributed by atoms with Crippen molar-refractivity contribution < 1.29 is 9.72 Å². The highest BCUT2D eigenvalue weighted by Crippen LogP contribution is 2.29. The van der Waals surface area contributed by atoms with Crippen LogP contribution in [0, 0.1) is 16.0 Å². The van der Waals surface area contributed by atoms with Crippen LogP contribution in [-0.4, -0.2) is 20.6 Å². The molecule has 6 nitrogen and oxygen atoms in total. The van der Waals surface area contributed by atoms with Gasteiger partial charge in [-0.05, 0) is 12.0 Å². The van der Waals surface area contributed by atoms with Crippen molar-refractivity contribution in [2.75, 3.05) is 5.32 Å². The van der Waals surface area contributed by atoms with Crippen molar-refractivity contribution in [2.24, 2.45) is 5.92 Å². The number of anilines is 1. The Bertz CT molecular complexity index is 671. The van der Waals surface area contributed by atoms with Crippen LogP contribution in [0.3, 0.4) is 0 Å². The minimum Gasteiger partial charge on any atom is -0.301 e. The van der Waals surface area contributed by atoms with Crippen molar-refractivity contribution in [2.45, 2.75) is 18.7 Å². The zero-order chi connectivity index (χ0) is 14.9. The number of amides is 1. The van der Waals surface area contributed by atoms with Crippen molar-refractivity contribution in [3.05, 3.63) is 28.3 Å². The van der Waals surface area contributed by atoms with E-state index >= 15 is 0 Å². The fourth-order valence-corrected chi connectivity index (χ4v) is 2.57. The SMILES string of the molecule is CC(C)C(Br)C(=O)Nc1nc2ccc([N+](=O)[O-])cc2s1. The second kappa shape index (κ2) is 5.84. The van der Waals surface area contributed by atoms with Crippen LogP contribution in [0.1, 0.15) is 13.8 Å². The zero-order valence-corrected chi connectivity index (χ0v) is 13.2. The monoisotopic (exact) mass is 357 g/mol. The lowest BCUT2D eigenvalue weighted by Crippen LogP contribution is -2.26. The van der Waals surface area contributed by atoms with Gasteiger partial charge in [0.25, 0.3) is 5.69 Å². The lowest BCUT2D eigenvalue weighted by Gasteiger charge is -2.11. The maximum Gasteiger partial charge on any atom is 0.270 e. The number of alkyl halides is 1. The third-order valence-corrected chi connectivity index (χ3v) is 5.06. The van der Waals surface area contributed by atoms with E-state index in [0.29, 0.717) is 15.3 Å². The quantitative estimate of drug-likeness (QED) is 0.514. The average Bonchev–Trinajstić information content (AvgIpc) is 2.78. The van der Waals surface area contributed by atoms with E-state index in [2.05, 4.69) is 26.2 Å². The molecule has 0 bridgehead atoms. The van der Waals surface area contributed by atoms with Gasteiger partial charge in [-0.25, -0.2) is 4.98 Å². The third kappa shape index (κ3) is 3.13. The second-order valence-electron chi connectivity index (χ2n) is 4.56. The summed E-state index contributed by atoms with van der Waals surface area (Å²) >= 11 is 4.53. The summed E-state index contributed by atoms with van der Waals surface area (Å²) < 4.78 is 0.671. The number of thiazole rings is 1. The zero-order valence-electron chi connectivity index (χ0n) is 10.8. The van der Waals surface area contributed by atoms with E-state index in [1.54, 1.807) is 6.07 Å². The summed E-state index contributed by atoms with van der Waals surface area (Å²) in [6.45, 7) is 3.86. The molecule has 1 aromatic heterocycles. The number of benzene rings is 1. The van der Waals surface area contributed by atoms with Crippen LogP contribution in [-0.2, 0) is 4.79 Å². The smallest absolute Gasteiger partial charge is 0.270 e. The Morgan fingerprint density at radius 1 is 1.50 bits per heavy atom. The third-order valence-electron chi connectivity index (χ3n) is 2.65. The Balaban J connectivity index is 2.24. The maximum absolute atomic E-state index is 11.9. The Kier molecular flexibility index (Phi) is 4.34. The molecular formula is C12H12BrN3O3S. The van der Waals surface area contributed by atoms with Crippen LogP contribution < -0.4 is 5.32 Å². The van der Waals surface area contributed by atoms with Crippen molar-refractivity contribution in [1.82, 2.24) is 4.98 Å². The molecule has 1 heterocycles. The number of rotatable bonds is 4. The number of non-ortho nitro benzene ring substituents is 1. The number of nitrogens with zero attached hydrogens (tertiary/aromatic N) is 2. The lowest BCUT2D eigenvalue weighted by molar-refractivity contribution is -0.384. The van der Waals surface area contributed by atoms with Gasteiger partial charge >= 0.3 is 0 Å². The molecule has 0 fully saturated rings. The molecular weight excluding hydrogens is 346 g/mol. The number of nitrogens with one attached hydrogen (secondary N) is 1. The first-order valence-electron chi connectivity index (χ1n) is 5.88. The molecule has 0 spiro atoms. The fraction of sp³-hybridized carbons (Fsp3) is 0.333. The first-order chi connectivity index (χ1) is 9.38. The molecule has 106 valence electrons. The minimum absolute atomic E-state index is 0.0135. The first-order valence-corrected chi connectivity index (χ1v) is 7.61. The first kappa shape index (κ1) is 14.9. The van der Waals surface area contributed by atoms with Crippen molar-refractivity contribution in [3.8, 4) is 0 Å². The van der Waals surface area contributed by atoms with E-state index in [4.69, 9.17) is 0 Å². The molecule has 0 aliphatic heterocycles. The van der Waals surface area contributed by atoms with Crippen molar-refractivity contribution in [1.29, 1.82) is 0 Å². The summed E-state index contributed by atoms with van der Waals surface area (Å²) in [5.41, 5.74) is 0.645. The standard InChI is InChI=1S/C12H12BrN3O3S/c1-6(2)10(13)11(17)15-12-14-8-4-3-7(16(18)19)5-9(8)20-12/h3-6,10H,1-2H3,(H,14,15,17). The van der Waals surface area contributed by atoms with Gasteiger partial charge in [0.2, 0.25) is 5.91 Å². The van der Waals surface area contributed by atoms with Crippen LogP contribution in [0.25, 0.3) is 10.2 Å². The van der Waals surface area contributed by atoms with Crippen LogP contribution in [0.2, 0.25) is 0 Å². The Hall–Kier alpha value is -1.54. The highest BCUT2D eigenvalue weighted by molar-refractivity contribution is 9.10. The average molecular weight is 358 g/mol. The van der Waals surface area contributed by atoms with Crippen LogP contribution in [0.4, 0.5) is 10.8 Å². The van der Waals surface area contributed by atoms with Gasteiger partial charge in [-0.15, -0.1) is 0 Å². The molecule has 0 saturated carbocycles. The molecule has 1 atom stereocenters. The summed E-state index contributed by atoms with van der Waals surface area (Å²) in [6, 6.07) is 4.43. The summed E-state index contributed by atoms with van der Waals surface area (Å²) in [6.07, 6.45) is 0. The number of halogens is 1. The summed E-state index contributed by atoms with van der Waals surface area (Å²) in [5.74, 6) is -0.0148. The van der Waals surface area contributed by atoms with Gasteiger partial charge in [0.1, 0.15) is 0 Å². The van der Waals surface area contributed by atoms with E-state index in [1.165, 1.54) is 23.5 Å². The molecule has 1 aromatic carbocycles. The molecule has 1 unspecified atom stereocenters. The van der Waals surface area contributed by atoms with Crippen molar-refractivity contribution >= 4 is 54.2 Å². The number of carbonyl (C=O) groups excluding carboxylic acids is 1. The lowest BCUT2D eigenvalue weighted by atomic mass is 10.1. The van der Waals surface area contributed by atoms with Gasteiger partial charge in [-0.2, -0.15) is 0 Å². The predicted molar refractivity (Wildman–Crippen MR) is 82.5 cm³/mol. The molecule has 1 amide bonds. The minimum atomic E-state index is -0.454. The molecule has 0 saturated heterocycles. The van der Waals surface area contributed by atoms with E-state index in [9.17, 15) is 14.9 Å². The number of nitro benzene ring substituents is 1. The van der Waals surface area contributed by atoms with Gasteiger partial charge in [0.05, 0.1) is 20.0 Å². The van der Waals surface area contributed by atoms with Gasteiger partial charge in [-0.1, -0.05) is 41.1 Å². The molecule has 2 rings (SSSR count). The normalized spacial score (nSPS) is 12.6. The number of aromatic nitrogens is 1. The van der Waals surface area contributed by atoms with Gasteiger partial charge in [0, 0.05) is 12.1 Å². The Morgan fingerprint density at radius 2 is 2.20 bits per heavy atom. The number of hydrogen-bond donors (Lipinski definition) is 1. The molecule has 0 aliphatic rings. The second-order valence-corrected chi connectivity index (χ2v) is 6.58. The highest BCUT2D eigenvalue weighted by atomic mass is 79.9. The van der Waals surface area contributed by atoms with Crippen LogP contribution >= 0.6 is 27.3 Å². The molecule has 0 aliphatic carbocycles. The van der Waals surface area contributed by atoms with E-state index in [-0.39, 0.29) is 22.3 Å². The van der Waals surface area contributed by atoms with E-state index in [1.807, 2.05) is 13.8 Å². The predicted octanol–water partition coefficient (Wildman–Crippen LogP) is 3.56. The number of fused-ring (bicyclic) bond motifs is 1. The Labute approximate surface area is 127 Å². The molecule has 20 heavy (non-hydrogen) atoms. The summed E-state index contributed by atoms with van der Waals surface area (Å²) in [5, 5.41) is 13.9. The fourth-order valence-electron chi connectivity index (χ4n) is 1.56. The van der Waals surface area contributed by atoms with E-state index < -0.39 is 4.92 Å². The van der Waals surface area contributed by atoms with Crippen molar-refractivity contribution in [3.63, 3.8) is 0 Å². The largest absolute Gasteiger partial charge is 0.301 e. The molecule has 1 N–H and O–H groups in total. The Morgan fingerprint density at radius 3 is 2.80 bits per heavy atom. The molecule has 2 aromatic rings. The molecule has 8 heteroatoms. The number of hydrogen-bond acceptors (Lipinski definition) is 5. The van der Waals surface area contributed by atoms with Gasteiger partial charge in [0.15, 0.2) is 5.13 Å². The number of carbonyl (C=O) groups is 1. The summed E-state index contributed by atoms with van der Waals surface area (Å²) in [7, 11) is 0. The topological polar surface area (TPSA) is 85.1 Å². The van der Waals surface area contributed by atoms with E-state index in [0.717, 1.165) is 0 Å². The van der Waals surface area contributed by atoms with Crippen LogP contribution in [0.5, 0.6) is 0 Å².